The van der Waals surface area contributed by atoms with Crippen LogP contribution in [-0.2, 0) is 32.0 Å². The molecule has 2 aliphatic rings. The van der Waals surface area contributed by atoms with Crippen molar-refractivity contribution in [2.45, 2.75) is 22.1 Å². The van der Waals surface area contributed by atoms with Crippen molar-refractivity contribution in [3.8, 4) is 0 Å². The Kier molecular flexibility index (Phi) is 6.91. The number of β-lactam (4-membered cyclic amide) rings is 1. The monoisotopic (exact) mass is 513 g/mol. The van der Waals surface area contributed by atoms with E-state index >= 15 is 0 Å². The standard InChI is InChI=1S/C16H19N9O5S3/c1-23-15(17-6-19-23)33-4-9-3-32-14-16(30-2,13(29)25(14)11(9)12(27)28)20-10(26)5-31-8-24-7-18-21-22-24/h6-7,14H,3-5,8H2,1-2H3,(H,20,26)(H,27,28)/t14?,16-/m1/s1. The van der Waals surface area contributed by atoms with E-state index < -0.39 is 28.9 Å². The lowest BCUT2D eigenvalue weighted by Crippen LogP contribution is -2.80. The van der Waals surface area contributed by atoms with Gasteiger partial charge in [0, 0.05) is 25.7 Å². The van der Waals surface area contributed by atoms with Gasteiger partial charge in [-0.2, -0.15) is 5.10 Å². The van der Waals surface area contributed by atoms with Gasteiger partial charge >= 0.3 is 5.97 Å². The lowest BCUT2D eigenvalue weighted by atomic mass is 9.98. The van der Waals surface area contributed by atoms with Crippen LogP contribution in [0.5, 0.6) is 0 Å². The Morgan fingerprint density at radius 1 is 1.45 bits per heavy atom. The van der Waals surface area contributed by atoms with E-state index in [0.29, 0.717) is 28.1 Å². The minimum Gasteiger partial charge on any atom is -0.477 e. The predicted molar refractivity (Wildman–Crippen MR) is 118 cm³/mol. The van der Waals surface area contributed by atoms with Gasteiger partial charge in [-0.25, -0.2) is 19.1 Å². The fraction of sp³-hybridized carbons (Fsp3) is 0.500. The lowest BCUT2D eigenvalue weighted by molar-refractivity contribution is -0.192. The molecule has 0 aromatic carbocycles. The maximum Gasteiger partial charge on any atom is 0.352 e. The third-order valence-corrected chi connectivity index (χ3v) is 8.26. The number of carboxylic acid groups (broad SMARTS) is 1. The first kappa shape index (κ1) is 23.5. The van der Waals surface area contributed by atoms with Gasteiger partial charge in [0.15, 0.2) is 5.16 Å². The molecular formula is C16H19N9O5S3. The summed E-state index contributed by atoms with van der Waals surface area (Å²) in [4.78, 5) is 43.0. The molecule has 1 unspecified atom stereocenters. The lowest BCUT2D eigenvalue weighted by Gasteiger charge is -2.55. The average molecular weight is 514 g/mol. The molecular weight excluding hydrogens is 494 g/mol. The number of ether oxygens (including phenoxy) is 1. The minimum absolute atomic E-state index is 0.0385. The number of carbonyl (C=O) groups excluding carboxylic acids is 2. The quantitative estimate of drug-likeness (QED) is 0.225. The van der Waals surface area contributed by atoms with Crippen LogP contribution in [0.1, 0.15) is 0 Å². The molecule has 4 rings (SSSR count). The highest BCUT2D eigenvalue weighted by molar-refractivity contribution is 8.01. The fourth-order valence-electron chi connectivity index (χ4n) is 3.34. The van der Waals surface area contributed by atoms with Crippen LogP contribution in [-0.4, -0.2) is 98.2 Å². The number of methoxy groups -OCH3 is 1. The number of amides is 2. The highest BCUT2D eigenvalue weighted by Gasteiger charge is 2.66. The largest absolute Gasteiger partial charge is 0.477 e. The second kappa shape index (κ2) is 9.70. The Labute approximate surface area is 199 Å². The summed E-state index contributed by atoms with van der Waals surface area (Å²) in [6.07, 6.45) is 2.84. The van der Waals surface area contributed by atoms with E-state index in [1.807, 2.05) is 0 Å². The molecule has 0 bridgehead atoms. The van der Waals surface area contributed by atoms with E-state index in [-0.39, 0.29) is 11.4 Å². The number of rotatable bonds is 10. The Bertz CT molecular complexity index is 1090. The maximum absolute atomic E-state index is 13.1. The van der Waals surface area contributed by atoms with E-state index in [4.69, 9.17) is 4.74 Å². The zero-order valence-electron chi connectivity index (χ0n) is 17.4. The number of aliphatic carboxylic acids is 1. The first-order valence-electron chi connectivity index (χ1n) is 9.39. The van der Waals surface area contributed by atoms with Gasteiger partial charge in [0.2, 0.25) is 5.91 Å². The van der Waals surface area contributed by atoms with Gasteiger partial charge < -0.3 is 15.2 Å². The van der Waals surface area contributed by atoms with Crippen LogP contribution >= 0.6 is 35.3 Å². The molecule has 33 heavy (non-hydrogen) atoms. The van der Waals surface area contributed by atoms with Crippen LogP contribution in [0, 0.1) is 0 Å². The second-order valence-electron chi connectivity index (χ2n) is 6.87. The number of hydrogen-bond acceptors (Lipinski definition) is 12. The number of carboxylic acids is 1. The molecule has 0 spiro atoms. The van der Waals surface area contributed by atoms with E-state index in [2.05, 4.69) is 30.9 Å². The van der Waals surface area contributed by atoms with E-state index in [1.54, 1.807) is 11.7 Å². The Morgan fingerprint density at radius 2 is 2.27 bits per heavy atom. The summed E-state index contributed by atoms with van der Waals surface area (Å²) in [7, 11) is 3.05. The van der Waals surface area contributed by atoms with Crippen LogP contribution in [0.15, 0.2) is 29.1 Å². The van der Waals surface area contributed by atoms with Crippen LogP contribution in [0.25, 0.3) is 0 Å². The molecule has 1 saturated heterocycles. The number of thioether (sulfide) groups is 3. The summed E-state index contributed by atoms with van der Waals surface area (Å²) in [5, 5.41) is 27.1. The average Bonchev–Trinajstić information content (AvgIpc) is 3.46. The molecule has 2 atom stereocenters. The van der Waals surface area contributed by atoms with Gasteiger partial charge in [0.05, 0.1) is 11.6 Å². The van der Waals surface area contributed by atoms with Crippen molar-refractivity contribution in [2.24, 2.45) is 7.05 Å². The summed E-state index contributed by atoms with van der Waals surface area (Å²) < 4.78 is 8.49. The van der Waals surface area contributed by atoms with Crippen molar-refractivity contribution in [3.63, 3.8) is 0 Å². The topological polar surface area (TPSA) is 170 Å². The van der Waals surface area contributed by atoms with Crippen molar-refractivity contribution >= 4 is 53.1 Å². The van der Waals surface area contributed by atoms with Crippen molar-refractivity contribution in [3.05, 3.63) is 23.9 Å². The van der Waals surface area contributed by atoms with E-state index in [0.717, 1.165) is 0 Å². The van der Waals surface area contributed by atoms with Crippen LogP contribution in [0.2, 0.25) is 0 Å². The Morgan fingerprint density at radius 3 is 2.91 bits per heavy atom. The normalized spacial score (nSPS) is 22.2. The molecule has 176 valence electrons. The SMILES string of the molecule is CO[C@]1(NC(=O)CSCn2cnnn2)C(=O)N2C(C(=O)O)=C(CSc3ncnn3C)CSC21. The van der Waals surface area contributed by atoms with Crippen LogP contribution < -0.4 is 5.32 Å². The molecule has 2 aliphatic heterocycles. The molecule has 2 amide bonds. The Hall–Kier alpha value is -2.63. The molecule has 0 aliphatic carbocycles. The summed E-state index contributed by atoms with van der Waals surface area (Å²) in [5.74, 6) is -1.18. The van der Waals surface area contributed by atoms with Crippen molar-refractivity contribution in [2.75, 3.05) is 24.4 Å². The number of aromatic nitrogens is 7. The smallest absolute Gasteiger partial charge is 0.352 e. The highest BCUT2D eigenvalue weighted by atomic mass is 32.2. The number of carbonyl (C=O) groups is 3. The summed E-state index contributed by atoms with van der Waals surface area (Å²) in [5.41, 5.74) is -1.13. The number of nitrogens with zero attached hydrogens (tertiary/aromatic N) is 8. The van der Waals surface area contributed by atoms with Gasteiger partial charge in [0.1, 0.15) is 23.7 Å². The molecule has 0 saturated carbocycles. The molecule has 2 N–H and O–H groups in total. The number of aryl methyl sites for hydroxylation is 1. The molecule has 17 heteroatoms. The number of hydrogen-bond donors (Lipinski definition) is 2. The summed E-state index contributed by atoms with van der Waals surface area (Å²) in [6, 6.07) is 0. The predicted octanol–water partition coefficient (Wildman–Crippen LogP) is -1.00. The third kappa shape index (κ3) is 4.44. The zero-order valence-corrected chi connectivity index (χ0v) is 19.9. The van der Waals surface area contributed by atoms with Crippen molar-refractivity contribution in [1.29, 1.82) is 0 Å². The third-order valence-electron chi connectivity index (χ3n) is 4.85. The van der Waals surface area contributed by atoms with E-state index in [1.165, 1.54) is 64.6 Å². The first-order chi connectivity index (χ1) is 15.9. The van der Waals surface area contributed by atoms with Gasteiger partial charge in [-0.15, -0.1) is 28.6 Å². The number of fused-ring (bicyclic) bond motifs is 1. The summed E-state index contributed by atoms with van der Waals surface area (Å²) in [6.45, 7) is 0. The van der Waals surface area contributed by atoms with Gasteiger partial charge in [0.25, 0.3) is 11.6 Å². The number of nitrogens with one attached hydrogen (secondary N) is 1. The molecule has 2 aromatic heterocycles. The van der Waals surface area contributed by atoms with Gasteiger partial charge in [-0.1, -0.05) is 11.8 Å². The first-order valence-corrected chi connectivity index (χ1v) is 12.6. The number of tetrazole rings is 1. The highest BCUT2D eigenvalue weighted by Crippen LogP contribution is 2.47. The van der Waals surface area contributed by atoms with Crippen LogP contribution in [0.4, 0.5) is 0 Å². The molecule has 1 fully saturated rings. The minimum atomic E-state index is -1.62. The molecule has 0 radical (unpaired) electrons. The van der Waals surface area contributed by atoms with Gasteiger partial charge in [-0.3, -0.25) is 14.5 Å². The summed E-state index contributed by atoms with van der Waals surface area (Å²) >= 11 is 3.91. The van der Waals surface area contributed by atoms with Crippen molar-refractivity contribution in [1.82, 2.24) is 45.2 Å². The molecule has 4 heterocycles. The molecule has 14 nitrogen and oxygen atoms in total. The van der Waals surface area contributed by atoms with Crippen LogP contribution in [0.3, 0.4) is 0 Å². The second-order valence-corrected chi connectivity index (χ2v) is 9.83. The maximum atomic E-state index is 13.1. The molecule has 2 aromatic rings. The Balaban J connectivity index is 1.44. The van der Waals surface area contributed by atoms with Gasteiger partial charge in [-0.05, 0) is 16.0 Å². The fourth-order valence-corrected chi connectivity index (χ4v) is 6.46. The van der Waals surface area contributed by atoms with E-state index in [9.17, 15) is 19.5 Å². The zero-order chi connectivity index (χ0) is 23.6. The van der Waals surface area contributed by atoms with Crippen molar-refractivity contribution < 1.29 is 24.2 Å².